The molecule has 1 saturated heterocycles. The molecule has 2 aromatic rings. The number of piperidine rings is 1. The molecule has 5 nitrogen and oxygen atoms in total. The van der Waals surface area contributed by atoms with E-state index in [1.54, 1.807) is 0 Å². The van der Waals surface area contributed by atoms with Gasteiger partial charge in [-0.15, -0.1) is 0 Å². The number of nitrogens with one attached hydrogen (secondary N) is 2. The number of fused-ring (bicyclic) bond motifs is 1. The van der Waals surface area contributed by atoms with Crippen molar-refractivity contribution in [1.29, 1.82) is 0 Å². The Bertz CT molecular complexity index is 848. The number of ether oxygens (including phenoxy) is 2. The van der Waals surface area contributed by atoms with Gasteiger partial charge in [-0.1, -0.05) is 19.1 Å². The van der Waals surface area contributed by atoms with Gasteiger partial charge in [0, 0.05) is 30.5 Å². The quantitative estimate of drug-likeness (QED) is 0.709. The molecule has 2 aliphatic heterocycles. The van der Waals surface area contributed by atoms with E-state index >= 15 is 0 Å². The third-order valence-electron chi connectivity index (χ3n) is 5.69. The van der Waals surface area contributed by atoms with E-state index in [4.69, 9.17) is 21.7 Å². The normalized spacial score (nSPS) is 17.5. The Morgan fingerprint density at radius 2 is 1.72 bits per heavy atom. The number of rotatable bonds is 4. The summed E-state index contributed by atoms with van der Waals surface area (Å²) in [6.45, 7) is 7.93. The molecule has 29 heavy (non-hydrogen) atoms. The first-order valence-corrected chi connectivity index (χ1v) is 10.8. The standard InChI is InChI=1S/C23H29N3O2S/c1-16-9-11-26(12-10-16)20-6-3-18(4-7-20)17(2)24-23(29)25-19-5-8-21-22(15-19)28-14-13-27-21/h3-8,15-17H,9-14H2,1-2H3,(H2,24,25,29). The van der Waals surface area contributed by atoms with Gasteiger partial charge in [-0.05, 0) is 67.7 Å². The monoisotopic (exact) mass is 411 g/mol. The third kappa shape index (κ3) is 4.93. The van der Waals surface area contributed by atoms with Gasteiger partial charge in [-0.25, -0.2) is 0 Å². The van der Waals surface area contributed by atoms with Crippen molar-refractivity contribution >= 4 is 28.7 Å². The molecule has 2 N–H and O–H groups in total. The van der Waals surface area contributed by atoms with Crippen LogP contribution < -0.4 is 25.0 Å². The Morgan fingerprint density at radius 1 is 1.03 bits per heavy atom. The SMILES string of the molecule is CC1CCN(c2ccc(C(C)NC(=S)Nc3ccc4c(c3)OCCO4)cc2)CC1. The van der Waals surface area contributed by atoms with E-state index in [0.29, 0.717) is 18.3 Å². The molecule has 6 heteroatoms. The Labute approximate surface area is 178 Å². The predicted octanol–water partition coefficient (Wildman–Crippen LogP) is 4.74. The van der Waals surface area contributed by atoms with Crippen molar-refractivity contribution in [1.82, 2.24) is 5.32 Å². The highest BCUT2D eigenvalue weighted by Crippen LogP contribution is 2.32. The first-order chi connectivity index (χ1) is 14.1. The highest BCUT2D eigenvalue weighted by atomic mass is 32.1. The molecule has 0 aliphatic carbocycles. The molecule has 4 rings (SSSR count). The van der Waals surface area contributed by atoms with Crippen LogP contribution in [0.15, 0.2) is 42.5 Å². The van der Waals surface area contributed by atoms with Gasteiger partial charge in [-0.3, -0.25) is 0 Å². The maximum atomic E-state index is 5.63. The lowest BCUT2D eigenvalue weighted by molar-refractivity contribution is 0.171. The maximum absolute atomic E-state index is 5.63. The first kappa shape index (κ1) is 19.8. The van der Waals surface area contributed by atoms with Crippen LogP contribution in [0.25, 0.3) is 0 Å². The molecule has 2 aromatic carbocycles. The van der Waals surface area contributed by atoms with Crippen LogP contribution in [0.2, 0.25) is 0 Å². The molecule has 1 fully saturated rings. The van der Waals surface area contributed by atoms with Gasteiger partial charge in [0.05, 0.1) is 6.04 Å². The second-order valence-electron chi connectivity index (χ2n) is 7.94. The Balaban J connectivity index is 1.32. The molecular formula is C23H29N3O2S. The van der Waals surface area contributed by atoms with Gasteiger partial charge in [-0.2, -0.15) is 0 Å². The van der Waals surface area contributed by atoms with Crippen LogP contribution in [0.4, 0.5) is 11.4 Å². The zero-order chi connectivity index (χ0) is 20.2. The van der Waals surface area contributed by atoms with E-state index in [1.165, 1.54) is 24.1 Å². The Morgan fingerprint density at radius 3 is 2.45 bits per heavy atom. The molecule has 1 unspecified atom stereocenters. The molecule has 0 spiro atoms. The van der Waals surface area contributed by atoms with Crippen LogP contribution in [0, 0.1) is 5.92 Å². The lowest BCUT2D eigenvalue weighted by Crippen LogP contribution is -2.33. The summed E-state index contributed by atoms with van der Waals surface area (Å²) in [6.07, 6.45) is 2.55. The van der Waals surface area contributed by atoms with Crippen molar-refractivity contribution in [3.05, 3.63) is 48.0 Å². The largest absolute Gasteiger partial charge is 0.486 e. The van der Waals surface area contributed by atoms with Crippen LogP contribution in [-0.4, -0.2) is 31.4 Å². The van der Waals surface area contributed by atoms with Gasteiger partial charge in [0.15, 0.2) is 16.6 Å². The molecule has 0 aromatic heterocycles. The summed E-state index contributed by atoms with van der Waals surface area (Å²) in [6, 6.07) is 14.7. The minimum Gasteiger partial charge on any atom is -0.486 e. The van der Waals surface area contributed by atoms with Gasteiger partial charge in [0.25, 0.3) is 0 Å². The minimum atomic E-state index is 0.114. The van der Waals surface area contributed by atoms with Gasteiger partial charge in [0.2, 0.25) is 0 Å². The van der Waals surface area contributed by atoms with Gasteiger partial charge in [0.1, 0.15) is 13.2 Å². The van der Waals surface area contributed by atoms with Crippen molar-refractivity contribution in [2.45, 2.75) is 32.7 Å². The van der Waals surface area contributed by atoms with Crippen LogP contribution in [-0.2, 0) is 0 Å². The fraction of sp³-hybridized carbons (Fsp3) is 0.435. The Kier molecular flexibility index (Phi) is 6.09. The number of benzene rings is 2. The number of hydrogen-bond acceptors (Lipinski definition) is 4. The van der Waals surface area contributed by atoms with E-state index in [1.807, 2.05) is 18.2 Å². The van der Waals surface area contributed by atoms with Crippen LogP contribution in [0.5, 0.6) is 11.5 Å². The summed E-state index contributed by atoms with van der Waals surface area (Å²) in [5.74, 6) is 2.37. The van der Waals surface area contributed by atoms with Gasteiger partial charge < -0.3 is 25.0 Å². The molecule has 0 amide bonds. The molecule has 0 bridgehead atoms. The van der Waals surface area contributed by atoms with Crippen LogP contribution >= 0.6 is 12.2 Å². The average Bonchev–Trinajstić information content (AvgIpc) is 2.74. The fourth-order valence-corrected chi connectivity index (χ4v) is 4.10. The smallest absolute Gasteiger partial charge is 0.171 e. The summed E-state index contributed by atoms with van der Waals surface area (Å²) >= 11 is 5.50. The molecule has 0 radical (unpaired) electrons. The zero-order valence-electron chi connectivity index (χ0n) is 17.1. The fourth-order valence-electron chi connectivity index (χ4n) is 3.81. The molecule has 0 saturated carbocycles. The highest BCUT2D eigenvalue weighted by molar-refractivity contribution is 7.80. The van der Waals surface area contributed by atoms with Crippen molar-refractivity contribution in [3.8, 4) is 11.5 Å². The van der Waals surface area contributed by atoms with Crippen molar-refractivity contribution in [3.63, 3.8) is 0 Å². The van der Waals surface area contributed by atoms with Crippen molar-refractivity contribution in [2.75, 3.05) is 36.5 Å². The molecule has 2 heterocycles. The summed E-state index contributed by atoms with van der Waals surface area (Å²) in [4.78, 5) is 2.48. The van der Waals surface area contributed by atoms with Crippen molar-refractivity contribution < 1.29 is 9.47 Å². The van der Waals surface area contributed by atoms with E-state index < -0.39 is 0 Å². The summed E-state index contributed by atoms with van der Waals surface area (Å²) in [5, 5.41) is 7.19. The maximum Gasteiger partial charge on any atom is 0.171 e. The van der Waals surface area contributed by atoms with E-state index in [-0.39, 0.29) is 6.04 Å². The summed E-state index contributed by atoms with van der Waals surface area (Å²) < 4.78 is 11.2. The van der Waals surface area contributed by atoms with Crippen molar-refractivity contribution in [2.24, 2.45) is 5.92 Å². The summed E-state index contributed by atoms with van der Waals surface area (Å²) in [7, 11) is 0. The number of anilines is 2. The molecule has 2 aliphatic rings. The predicted molar refractivity (Wildman–Crippen MR) is 122 cm³/mol. The zero-order valence-corrected chi connectivity index (χ0v) is 17.9. The second-order valence-corrected chi connectivity index (χ2v) is 8.35. The van der Waals surface area contributed by atoms with Crippen LogP contribution in [0.1, 0.15) is 38.3 Å². The van der Waals surface area contributed by atoms with E-state index in [9.17, 15) is 0 Å². The number of thiocarbonyl (C=S) groups is 1. The molecular weight excluding hydrogens is 382 g/mol. The molecule has 154 valence electrons. The van der Waals surface area contributed by atoms with Gasteiger partial charge >= 0.3 is 0 Å². The third-order valence-corrected chi connectivity index (χ3v) is 5.91. The number of nitrogens with zero attached hydrogens (tertiary/aromatic N) is 1. The topological polar surface area (TPSA) is 45.8 Å². The minimum absolute atomic E-state index is 0.114. The lowest BCUT2D eigenvalue weighted by atomic mass is 9.98. The molecule has 1 atom stereocenters. The lowest BCUT2D eigenvalue weighted by Gasteiger charge is -2.32. The summed E-state index contributed by atoms with van der Waals surface area (Å²) in [5.41, 5.74) is 3.41. The average molecular weight is 412 g/mol. The number of hydrogen-bond donors (Lipinski definition) is 2. The van der Waals surface area contributed by atoms with E-state index in [2.05, 4.69) is 53.6 Å². The van der Waals surface area contributed by atoms with Crippen LogP contribution in [0.3, 0.4) is 0 Å². The van der Waals surface area contributed by atoms with E-state index in [0.717, 1.165) is 36.2 Å². The second kappa shape index (κ2) is 8.91. The Hall–Kier alpha value is -2.47. The highest BCUT2D eigenvalue weighted by Gasteiger charge is 2.17. The first-order valence-electron chi connectivity index (χ1n) is 10.4.